The molecule has 46 heavy (non-hydrogen) atoms. The van der Waals surface area contributed by atoms with E-state index in [4.69, 9.17) is 4.74 Å². The van der Waals surface area contributed by atoms with Crippen molar-refractivity contribution in [1.82, 2.24) is 10.2 Å². The molecule has 4 aromatic carbocycles. The molecule has 2 amide bonds. The van der Waals surface area contributed by atoms with Gasteiger partial charge in [-0.15, -0.1) is 0 Å². The molecule has 0 spiro atoms. The molecule has 0 radical (unpaired) electrons. The number of unbranched alkanes of at least 4 members (excludes halogenated alkanes) is 1. The van der Waals surface area contributed by atoms with Crippen molar-refractivity contribution in [2.45, 2.75) is 50.6 Å². The second-order valence-corrected chi connectivity index (χ2v) is 13.7. The molecule has 0 saturated heterocycles. The highest BCUT2D eigenvalue weighted by Gasteiger charge is 2.34. The SMILES string of the molecule is CCCCNC(=O)C(Cc1ccccc1)N(Cc1ccccc1)C(=O)CN(c1ccc(C)cc1)S(=O)(=O)c1ccc(OC)c(Br)c1. The number of methoxy groups -OCH3 is 1. The van der Waals surface area contributed by atoms with E-state index in [0.29, 0.717) is 22.5 Å². The van der Waals surface area contributed by atoms with Gasteiger partial charge in [-0.1, -0.05) is 91.7 Å². The third-order valence-electron chi connectivity index (χ3n) is 7.61. The zero-order chi connectivity index (χ0) is 33.1. The molecule has 1 atom stereocenters. The lowest BCUT2D eigenvalue weighted by atomic mass is 10.0. The highest BCUT2D eigenvalue weighted by Crippen LogP contribution is 2.31. The number of nitrogens with zero attached hydrogens (tertiary/aromatic N) is 2. The Kier molecular flexibility index (Phi) is 12.4. The van der Waals surface area contributed by atoms with Gasteiger partial charge in [-0.2, -0.15) is 0 Å². The largest absolute Gasteiger partial charge is 0.496 e. The van der Waals surface area contributed by atoms with Crippen molar-refractivity contribution >= 4 is 43.5 Å². The van der Waals surface area contributed by atoms with Crippen LogP contribution in [0, 0.1) is 6.92 Å². The summed E-state index contributed by atoms with van der Waals surface area (Å²) in [6, 6.07) is 29.5. The molecule has 4 rings (SSSR count). The Morgan fingerprint density at radius 1 is 0.891 bits per heavy atom. The number of sulfonamides is 1. The monoisotopic (exact) mass is 705 g/mol. The lowest BCUT2D eigenvalue weighted by Gasteiger charge is -2.34. The summed E-state index contributed by atoms with van der Waals surface area (Å²) in [4.78, 5) is 29.8. The van der Waals surface area contributed by atoms with Crippen LogP contribution in [0.5, 0.6) is 5.75 Å². The Bertz CT molecular complexity index is 1700. The van der Waals surface area contributed by atoms with E-state index >= 15 is 0 Å². The van der Waals surface area contributed by atoms with Crippen molar-refractivity contribution in [2.24, 2.45) is 0 Å². The number of nitrogens with one attached hydrogen (secondary N) is 1. The van der Waals surface area contributed by atoms with Crippen LogP contribution in [-0.4, -0.2) is 51.4 Å². The summed E-state index contributed by atoms with van der Waals surface area (Å²) >= 11 is 3.39. The van der Waals surface area contributed by atoms with Crippen LogP contribution in [-0.2, 0) is 32.6 Å². The predicted molar refractivity (Wildman–Crippen MR) is 185 cm³/mol. The van der Waals surface area contributed by atoms with Crippen LogP contribution in [0.25, 0.3) is 0 Å². The van der Waals surface area contributed by atoms with Crippen molar-refractivity contribution in [1.29, 1.82) is 0 Å². The highest BCUT2D eigenvalue weighted by atomic mass is 79.9. The Morgan fingerprint density at radius 2 is 1.52 bits per heavy atom. The fourth-order valence-corrected chi connectivity index (χ4v) is 7.15. The molecule has 1 unspecified atom stereocenters. The van der Waals surface area contributed by atoms with Gasteiger partial charge in [0.15, 0.2) is 0 Å². The van der Waals surface area contributed by atoms with Gasteiger partial charge in [-0.3, -0.25) is 13.9 Å². The fourth-order valence-electron chi connectivity index (χ4n) is 5.01. The fraction of sp³-hybridized carbons (Fsp3) is 0.278. The van der Waals surface area contributed by atoms with E-state index in [0.717, 1.165) is 33.8 Å². The number of carbonyl (C=O) groups is 2. The summed E-state index contributed by atoms with van der Waals surface area (Å²) in [6.07, 6.45) is 1.97. The third-order valence-corrected chi connectivity index (χ3v) is 10.00. The molecule has 1 N–H and O–H groups in total. The van der Waals surface area contributed by atoms with E-state index in [1.807, 2.05) is 74.5 Å². The first-order valence-electron chi connectivity index (χ1n) is 15.2. The molecule has 0 aliphatic carbocycles. The first-order valence-corrected chi connectivity index (χ1v) is 17.4. The standard InChI is InChI=1S/C36H40BrN3O5S/c1-4-5-22-38-36(42)33(23-28-12-8-6-9-13-28)39(25-29-14-10-7-11-15-29)35(41)26-40(30-18-16-27(2)17-19-30)46(43,44)31-20-21-34(45-3)32(37)24-31/h6-21,24,33H,4-5,22-23,25-26H2,1-3H3,(H,38,42). The van der Waals surface area contributed by atoms with Crippen molar-refractivity contribution < 1.29 is 22.7 Å². The molecular formula is C36H40BrN3O5S. The van der Waals surface area contributed by atoms with Gasteiger partial charge in [0.05, 0.1) is 22.2 Å². The first kappa shape index (κ1) is 34.7. The smallest absolute Gasteiger partial charge is 0.264 e. The van der Waals surface area contributed by atoms with Crippen molar-refractivity contribution in [3.05, 3.63) is 124 Å². The van der Waals surface area contributed by atoms with E-state index in [9.17, 15) is 18.0 Å². The number of rotatable bonds is 15. The van der Waals surface area contributed by atoms with Crippen molar-refractivity contribution in [2.75, 3.05) is 24.5 Å². The minimum Gasteiger partial charge on any atom is -0.496 e. The maximum absolute atomic E-state index is 14.5. The van der Waals surface area contributed by atoms with Crippen LogP contribution >= 0.6 is 15.9 Å². The first-order chi connectivity index (χ1) is 22.1. The second-order valence-electron chi connectivity index (χ2n) is 11.0. The van der Waals surface area contributed by atoms with E-state index in [1.165, 1.54) is 24.1 Å². The Hall–Kier alpha value is -4.15. The predicted octanol–water partition coefficient (Wildman–Crippen LogP) is 6.52. The number of hydrogen-bond acceptors (Lipinski definition) is 5. The molecule has 0 aliphatic rings. The molecule has 242 valence electrons. The minimum absolute atomic E-state index is 0.0127. The molecule has 8 nitrogen and oxygen atoms in total. The summed E-state index contributed by atoms with van der Waals surface area (Å²) < 4.78 is 35.4. The van der Waals surface area contributed by atoms with Crippen LogP contribution in [0.4, 0.5) is 5.69 Å². The van der Waals surface area contributed by atoms with Crippen molar-refractivity contribution in [3.63, 3.8) is 0 Å². The lowest BCUT2D eigenvalue weighted by molar-refractivity contribution is -0.140. The Labute approximate surface area is 280 Å². The molecule has 0 saturated carbocycles. The topological polar surface area (TPSA) is 96.0 Å². The van der Waals surface area contributed by atoms with Crippen LogP contribution in [0.2, 0.25) is 0 Å². The number of carbonyl (C=O) groups excluding carboxylic acids is 2. The highest BCUT2D eigenvalue weighted by molar-refractivity contribution is 9.10. The molecule has 4 aromatic rings. The number of anilines is 1. The van der Waals surface area contributed by atoms with Crippen LogP contribution in [0.3, 0.4) is 0 Å². The summed E-state index contributed by atoms with van der Waals surface area (Å²) in [6.45, 7) is 4.02. The average molecular weight is 707 g/mol. The van der Waals surface area contributed by atoms with Crippen LogP contribution in [0.15, 0.2) is 112 Å². The van der Waals surface area contributed by atoms with Gasteiger partial charge in [0.1, 0.15) is 18.3 Å². The number of ether oxygens (including phenoxy) is 1. The van der Waals surface area contributed by atoms with Gasteiger partial charge in [0.2, 0.25) is 11.8 Å². The zero-order valence-corrected chi connectivity index (χ0v) is 28.8. The zero-order valence-electron chi connectivity index (χ0n) is 26.4. The minimum atomic E-state index is -4.24. The molecule has 0 bridgehead atoms. The average Bonchev–Trinajstić information content (AvgIpc) is 3.06. The third kappa shape index (κ3) is 8.98. The molecule has 10 heteroatoms. The lowest BCUT2D eigenvalue weighted by Crippen LogP contribution is -2.53. The number of amides is 2. The number of aryl methyl sites for hydroxylation is 1. The van der Waals surface area contributed by atoms with E-state index in [-0.39, 0.29) is 23.8 Å². The Balaban J connectivity index is 1.78. The van der Waals surface area contributed by atoms with Gasteiger partial charge in [0, 0.05) is 19.5 Å². The van der Waals surface area contributed by atoms with Gasteiger partial charge < -0.3 is 15.0 Å². The quantitative estimate of drug-likeness (QED) is 0.142. The van der Waals surface area contributed by atoms with Crippen molar-refractivity contribution in [3.8, 4) is 5.75 Å². The second kappa shape index (κ2) is 16.4. The number of halogens is 1. The number of benzene rings is 4. The summed E-state index contributed by atoms with van der Waals surface area (Å²) in [5, 5.41) is 3.01. The Morgan fingerprint density at radius 3 is 2.11 bits per heavy atom. The molecule has 0 aliphatic heterocycles. The maximum atomic E-state index is 14.5. The summed E-state index contributed by atoms with van der Waals surface area (Å²) in [5.74, 6) is -0.318. The van der Waals surface area contributed by atoms with Gasteiger partial charge in [0.25, 0.3) is 10.0 Å². The van der Waals surface area contributed by atoms with Gasteiger partial charge in [-0.25, -0.2) is 8.42 Å². The normalized spacial score (nSPS) is 11.8. The van der Waals surface area contributed by atoms with Gasteiger partial charge in [-0.05, 0) is 70.7 Å². The summed E-state index contributed by atoms with van der Waals surface area (Å²) in [5.41, 5.74) is 2.98. The maximum Gasteiger partial charge on any atom is 0.264 e. The van der Waals surface area contributed by atoms with Gasteiger partial charge >= 0.3 is 0 Å². The summed E-state index contributed by atoms with van der Waals surface area (Å²) in [7, 11) is -2.74. The molecule has 0 heterocycles. The molecule has 0 aromatic heterocycles. The van der Waals surface area contributed by atoms with E-state index in [2.05, 4.69) is 21.2 Å². The van der Waals surface area contributed by atoms with Crippen LogP contribution < -0.4 is 14.4 Å². The molecular weight excluding hydrogens is 666 g/mol. The number of hydrogen-bond donors (Lipinski definition) is 1. The van der Waals surface area contributed by atoms with E-state index < -0.39 is 28.5 Å². The molecule has 0 fully saturated rings. The van der Waals surface area contributed by atoms with E-state index in [1.54, 1.807) is 30.3 Å². The van der Waals surface area contributed by atoms with Crippen LogP contribution in [0.1, 0.15) is 36.5 Å².